The highest BCUT2D eigenvalue weighted by Gasteiger charge is 2.33. The van der Waals surface area contributed by atoms with Gasteiger partial charge in [0, 0.05) is 0 Å². The minimum atomic E-state index is 0.761. The average Bonchev–Trinajstić information content (AvgIpc) is 2.76. The average molecular weight is 224 g/mol. The number of benzene rings is 1. The van der Waals surface area contributed by atoms with Crippen molar-refractivity contribution in [1.29, 1.82) is 0 Å². The van der Waals surface area contributed by atoms with Crippen molar-refractivity contribution >= 4 is 0 Å². The zero-order chi connectivity index (χ0) is 11.8. The smallest absolute Gasteiger partial charge is 0.0148 e. The van der Waals surface area contributed by atoms with Crippen LogP contribution >= 0.6 is 0 Å². The highest BCUT2D eigenvalue weighted by Crippen LogP contribution is 2.45. The number of hydrogen-bond acceptors (Lipinski definition) is 0. The molecule has 0 heteroatoms. The Morgan fingerprint density at radius 3 is 2.24 bits per heavy atom. The first-order valence-electron chi connectivity index (χ1n) is 6.67. The summed E-state index contributed by atoms with van der Waals surface area (Å²) in [6.45, 7) is 4.50. The Morgan fingerprint density at radius 1 is 0.941 bits per heavy atom. The molecule has 1 aromatic carbocycles. The minimum absolute atomic E-state index is 0.761. The molecule has 2 atom stereocenters. The third kappa shape index (κ3) is 1.86. The summed E-state index contributed by atoms with van der Waals surface area (Å²) in [4.78, 5) is 0. The van der Waals surface area contributed by atoms with E-state index in [1.165, 1.54) is 24.0 Å². The van der Waals surface area contributed by atoms with E-state index < -0.39 is 0 Å². The molecule has 0 radical (unpaired) electrons. The molecule has 0 saturated heterocycles. The van der Waals surface area contributed by atoms with Gasteiger partial charge in [0.25, 0.3) is 0 Å². The van der Waals surface area contributed by atoms with Gasteiger partial charge in [-0.3, -0.25) is 0 Å². The molecule has 0 aromatic heterocycles. The van der Waals surface area contributed by atoms with Crippen LogP contribution in [0, 0.1) is 25.7 Å². The second-order valence-corrected chi connectivity index (χ2v) is 5.55. The maximum atomic E-state index is 2.40. The molecular weight excluding hydrogens is 204 g/mol. The van der Waals surface area contributed by atoms with Gasteiger partial charge < -0.3 is 0 Å². The van der Waals surface area contributed by atoms with Gasteiger partial charge in [-0.25, -0.2) is 0 Å². The summed E-state index contributed by atoms with van der Waals surface area (Å²) in [7, 11) is 0. The molecule has 2 unspecified atom stereocenters. The van der Waals surface area contributed by atoms with Crippen LogP contribution in [0.25, 0.3) is 0 Å². The highest BCUT2D eigenvalue weighted by molar-refractivity contribution is 5.37. The van der Waals surface area contributed by atoms with Crippen LogP contribution in [-0.2, 0) is 0 Å². The van der Waals surface area contributed by atoms with E-state index >= 15 is 0 Å². The molecule has 17 heavy (non-hydrogen) atoms. The number of allylic oxidation sites excluding steroid dienone is 4. The van der Waals surface area contributed by atoms with E-state index in [9.17, 15) is 0 Å². The number of hydrogen-bond donors (Lipinski definition) is 0. The number of aryl methyl sites for hydroxylation is 1. The van der Waals surface area contributed by atoms with E-state index in [2.05, 4.69) is 56.4 Å². The summed E-state index contributed by atoms with van der Waals surface area (Å²) in [5, 5.41) is 0. The van der Waals surface area contributed by atoms with Crippen LogP contribution in [0.5, 0.6) is 0 Å². The summed E-state index contributed by atoms with van der Waals surface area (Å²) < 4.78 is 0. The molecule has 1 fully saturated rings. The Bertz CT molecular complexity index is 459. The molecule has 0 nitrogen and oxygen atoms in total. The van der Waals surface area contributed by atoms with Gasteiger partial charge in [0.2, 0.25) is 0 Å². The Kier molecular flexibility index (Phi) is 2.66. The topological polar surface area (TPSA) is 0 Å². The molecule has 2 aliphatic rings. The Hall–Kier alpha value is -1.30. The zero-order valence-electron chi connectivity index (χ0n) is 10.7. The van der Waals surface area contributed by atoms with E-state index in [0.717, 1.165) is 17.8 Å². The molecule has 2 aliphatic carbocycles. The summed E-state index contributed by atoms with van der Waals surface area (Å²) in [5.74, 6) is 2.33. The van der Waals surface area contributed by atoms with Gasteiger partial charge in [-0.05, 0) is 61.1 Å². The first kappa shape index (κ1) is 10.8. The fourth-order valence-electron chi connectivity index (χ4n) is 3.43. The first-order chi connectivity index (χ1) is 8.25. The lowest BCUT2D eigenvalue weighted by Crippen LogP contribution is -2.03. The molecule has 0 aliphatic heterocycles. The fraction of sp³-hybridized carbons (Fsp3) is 0.412. The van der Waals surface area contributed by atoms with Crippen molar-refractivity contribution in [2.24, 2.45) is 11.8 Å². The van der Waals surface area contributed by atoms with Gasteiger partial charge in [0.15, 0.2) is 0 Å². The third-order valence-corrected chi connectivity index (χ3v) is 4.58. The molecular formula is C17H20. The first-order valence-corrected chi connectivity index (χ1v) is 6.67. The summed E-state index contributed by atoms with van der Waals surface area (Å²) in [5.41, 5.74) is 4.52. The van der Waals surface area contributed by atoms with Gasteiger partial charge in [-0.2, -0.15) is 0 Å². The third-order valence-electron chi connectivity index (χ3n) is 4.58. The molecule has 3 rings (SSSR count). The summed E-state index contributed by atoms with van der Waals surface area (Å²) >= 11 is 0. The van der Waals surface area contributed by atoms with Gasteiger partial charge in [0.1, 0.15) is 0 Å². The maximum Gasteiger partial charge on any atom is -0.0148 e. The largest absolute Gasteiger partial charge is 0.0808 e. The number of rotatable bonds is 1. The van der Waals surface area contributed by atoms with Crippen molar-refractivity contribution < 1.29 is 0 Å². The van der Waals surface area contributed by atoms with Gasteiger partial charge >= 0.3 is 0 Å². The summed E-state index contributed by atoms with van der Waals surface area (Å²) in [6.07, 6.45) is 11.9. The Balaban J connectivity index is 1.89. The minimum Gasteiger partial charge on any atom is -0.0808 e. The highest BCUT2D eigenvalue weighted by atomic mass is 14.4. The molecule has 0 spiro atoms. The SMILES string of the molecule is Cc1cccc(C2CC3C=CC=CC3C2)c1C. The van der Waals surface area contributed by atoms with Crippen LogP contribution in [0.15, 0.2) is 42.5 Å². The van der Waals surface area contributed by atoms with Crippen molar-refractivity contribution in [3.8, 4) is 0 Å². The molecule has 0 N–H and O–H groups in total. The van der Waals surface area contributed by atoms with Crippen LogP contribution in [-0.4, -0.2) is 0 Å². The number of fused-ring (bicyclic) bond motifs is 1. The van der Waals surface area contributed by atoms with E-state index in [1.54, 1.807) is 5.56 Å². The molecule has 0 amide bonds. The second kappa shape index (κ2) is 4.18. The molecule has 88 valence electrons. The quantitative estimate of drug-likeness (QED) is 0.657. The zero-order valence-corrected chi connectivity index (χ0v) is 10.7. The van der Waals surface area contributed by atoms with Crippen LogP contribution in [0.4, 0.5) is 0 Å². The van der Waals surface area contributed by atoms with Crippen LogP contribution in [0.2, 0.25) is 0 Å². The fourth-order valence-corrected chi connectivity index (χ4v) is 3.43. The van der Waals surface area contributed by atoms with Crippen molar-refractivity contribution in [2.45, 2.75) is 32.6 Å². The van der Waals surface area contributed by atoms with Gasteiger partial charge in [0.05, 0.1) is 0 Å². The monoisotopic (exact) mass is 224 g/mol. The maximum absolute atomic E-state index is 2.40. The summed E-state index contributed by atoms with van der Waals surface area (Å²) in [6, 6.07) is 6.77. The molecule has 1 saturated carbocycles. The van der Waals surface area contributed by atoms with Crippen molar-refractivity contribution in [3.63, 3.8) is 0 Å². The molecule has 0 bridgehead atoms. The Labute approximate surface area is 104 Å². The van der Waals surface area contributed by atoms with Gasteiger partial charge in [-0.15, -0.1) is 0 Å². The van der Waals surface area contributed by atoms with Crippen LogP contribution in [0.1, 0.15) is 35.4 Å². The standard InChI is InChI=1S/C17H20/c1-12-6-5-9-17(13(12)2)16-10-14-7-3-4-8-15(14)11-16/h3-9,14-16H,10-11H2,1-2H3. The second-order valence-electron chi connectivity index (χ2n) is 5.55. The molecule has 0 heterocycles. The van der Waals surface area contributed by atoms with E-state index in [4.69, 9.17) is 0 Å². The van der Waals surface area contributed by atoms with Crippen LogP contribution < -0.4 is 0 Å². The predicted molar refractivity (Wildman–Crippen MR) is 73.2 cm³/mol. The predicted octanol–water partition coefficient (Wildman–Crippen LogP) is 4.54. The lowest BCUT2D eigenvalue weighted by Gasteiger charge is -2.15. The van der Waals surface area contributed by atoms with E-state index in [1.807, 2.05) is 0 Å². The van der Waals surface area contributed by atoms with Crippen molar-refractivity contribution in [1.82, 2.24) is 0 Å². The van der Waals surface area contributed by atoms with Crippen molar-refractivity contribution in [2.75, 3.05) is 0 Å². The lowest BCUT2D eigenvalue weighted by molar-refractivity contribution is 0.552. The van der Waals surface area contributed by atoms with Gasteiger partial charge in [-0.1, -0.05) is 42.5 Å². The van der Waals surface area contributed by atoms with E-state index in [-0.39, 0.29) is 0 Å². The van der Waals surface area contributed by atoms with Crippen molar-refractivity contribution in [3.05, 3.63) is 59.2 Å². The van der Waals surface area contributed by atoms with E-state index in [0.29, 0.717) is 0 Å². The normalized spacial score (nSPS) is 30.6. The lowest BCUT2D eigenvalue weighted by atomic mass is 9.90. The Morgan fingerprint density at radius 2 is 1.59 bits per heavy atom. The van der Waals surface area contributed by atoms with Crippen LogP contribution in [0.3, 0.4) is 0 Å². The molecule has 1 aromatic rings.